The van der Waals surface area contributed by atoms with Crippen LogP contribution in [-0.4, -0.2) is 52.8 Å². The van der Waals surface area contributed by atoms with Gasteiger partial charge >= 0.3 is 0 Å². The highest BCUT2D eigenvalue weighted by Gasteiger charge is 2.41. The molecule has 35 heavy (non-hydrogen) atoms. The van der Waals surface area contributed by atoms with Crippen LogP contribution in [0.1, 0.15) is 37.9 Å². The third-order valence-corrected chi connectivity index (χ3v) is 6.99. The molecule has 0 spiro atoms. The van der Waals surface area contributed by atoms with Crippen molar-refractivity contribution < 1.29 is 14.0 Å². The monoisotopic (exact) mass is 530 g/mol. The Balaban J connectivity index is 1.68. The van der Waals surface area contributed by atoms with Gasteiger partial charge in [-0.1, -0.05) is 40.9 Å². The third kappa shape index (κ3) is 5.10. The van der Waals surface area contributed by atoms with Crippen molar-refractivity contribution in [3.63, 3.8) is 0 Å². The minimum absolute atomic E-state index is 0.00627. The lowest BCUT2D eigenvalue weighted by molar-refractivity contribution is 0.0687. The largest absolute Gasteiger partial charge is 0.336 e. The quantitative estimate of drug-likeness (QED) is 0.421. The topological polar surface area (TPSA) is 77.3 Å². The molecule has 6 nitrogen and oxygen atoms in total. The number of pyridine rings is 1. The van der Waals surface area contributed by atoms with Gasteiger partial charge in [0.1, 0.15) is 5.15 Å². The summed E-state index contributed by atoms with van der Waals surface area (Å²) in [6.45, 7) is 0.471. The summed E-state index contributed by atoms with van der Waals surface area (Å²) in [5.41, 5.74) is 1.23. The van der Waals surface area contributed by atoms with E-state index in [1.807, 2.05) is 6.07 Å². The van der Waals surface area contributed by atoms with Crippen molar-refractivity contribution in [3.8, 4) is 6.07 Å². The van der Waals surface area contributed by atoms with E-state index in [9.17, 15) is 14.0 Å². The number of amides is 2. The molecule has 1 aliphatic heterocycles. The van der Waals surface area contributed by atoms with E-state index in [2.05, 4.69) is 4.98 Å². The second-order valence-corrected chi connectivity index (χ2v) is 9.33. The van der Waals surface area contributed by atoms with Crippen LogP contribution in [0, 0.1) is 17.1 Å². The number of rotatable bonds is 4. The Morgan fingerprint density at radius 3 is 2.43 bits per heavy atom. The van der Waals surface area contributed by atoms with Crippen LogP contribution in [0.2, 0.25) is 15.2 Å². The molecule has 0 aliphatic carbocycles. The Bertz CT molecular complexity index is 1340. The zero-order valence-corrected chi connectivity index (χ0v) is 20.7. The molecule has 1 aliphatic rings. The first-order valence-corrected chi connectivity index (χ1v) is 11.7. The van der Waals surface area contributed by atoms with Gasteiger partial charge in [0.15, 0.2) is 11.5 Å². The standard InChI is InChI=1S/C25H18Cl3FN4O2/c1-32(25(35)23-20(29)8-9-22(28)31-23)21-13-33(24(34)15-4-2-14(11-30)3-5-15)12-17(21)16-6-7-18(26)19(27)10-16/h2-10,17,21H,12-13H2,1H3/t17?,21-/m1/s1. The number of likely N-dealkylation sites (N-methyl/N-ethyl adjacent to an activating group) is 1. The lowest BCUT2D eigenvalue weighted by Gasteiger charge is -2.29. The summed E-state index contributed by atoms with van der Waals surface area (Å²) in [5, 5.41) is 9.73. The van der Waals surface area contributed by atoms with Crippen LogP contribution in [0.5, 0.6) is 0 Å². The molecule has 0 radical (unpaired) electrons. The predicted octanol–water partition coefficient (Wildman–Crippen LogP) is 5.43. The first kappa shape index (κ1) is 24.9. The smallest absolute Gasteiger partial charge is 0.275 e. The van der Waals surface area contributed by atoms with Crippen LogP contribution < -0.4 is 0 Å². The van der Waals surface area contributed by atoms with Gasteiger partial charge in [-0.15, -0.1) is 0 Å². The average Bonchev–Trinajstić information content (AvgIpc) is 3.31. The van der Waals surface area contributed by atoms with Crippen LogP contribution in [0.25, 0.3) is 0 Å². The Morgan fingerprint density at radius 2 is 1.77 bits per heavy atom. The van der Waals surface area contributed by atoms with E-state index >= 15 is 0 Å². The van der Waals surface area contributed by atoms with Crippen molar-refractivity contribution in [3.05, 3.63) is 98.0 Å². The molecule has 1 saturated heterocycles. The molecule has 3 aromatic rings. The number of aromatic nitrogens is 1. The van der Waals surface area contributed by atoms with Gasteiger partial charge < -0.3 is 9.80 Å². The lowest BCUT2D eigenvalue weighted by Crippen LogP contribution is -2.42. The van der Waals surface area contributed by atoms with Crippen molar-refractivity contribution in [1.29, 1.82) is 5.26 Å². The Hall–Kier alpha value is -3.18. The average molecular weight is 532 g/mol. The van der Waals surface area contributed by atoms with E-state index in [0.717, 1.165) is 11.6 Å². The number of hydrogen-bond acceptors (Lipinski definition) is 4. The van der Waals surface area contributed by atoms with Gasteiger partial charge in [-0.3, -0.25) is 9.59 Å². The van der Waals surface area contributed by atoms with Crippen molar-refractivity contribution >= 4 is 46.6 Å². The van der Waals surface area contributed by atoms with E-state index in [0.29, 0.717) is 21.2 Å². The van der Waals surface area contributed by atoms with Crippen LogP contribution in [0.4, 0.5) is 4.39 Å². The SMILES string of the molecule is CN(C(=O)c1nc(Cl)ccc1F)[C@@H]1CN(C(=O)c2ccc(C#N)cc2)CC1c1ccc(Cl)c(Cl)c1. The molecule has 0 saturated carbocycles. The van der Waals surface area contributed by atoms with Gasteiger partial charge in [0.2, 0.25) is 0 Å². The fraction of sp³-hybridized carbons (Fsp3) is 0.200. The molecule has 2 atom stereocenters. The highest BCUT2D eigenvalue weighted by molar-refractivity contribution is 6.42. The summed E-state index contributed by atoms with van der Waals surface area (Å²) in [6.07, 6.45) is 0. The van der Waals surface area contributed by atoms with Crippen LogP contribution in [-0.2, 0) is 0 Å². The molecular weight excluding hydrogens is 514 g/mol. The number of carbonyl (C=O) groups is 2. The number of likely N-dealkylation sites (tertiary alicyclic amines) is 1. The molecule has 10 heteroatoms. The summed E-state index contributed by atoms with van der Waals surface area (Å²) in [5.74, 6) is -2.04. The number of nitriles is 1. The summed E-state index contributed by atoms with van der Waals surface area (Å²) in [4.78, 5) is 33.3. The van der Waals surface area contributed by atoms with Gasteiger partial charge in [0, 0.05) is 31.6 Å². The highest BCUT2D eigenvalue weighted by atomic mass is 35.5. The zero-order chi connectivity index (χ0) is 25.3. The predicted molar refractivity (Wildman–Crippen MR) is 131 cm³/mol. The van der Waals surface area contributed by atoms with Crippen molar-refractivity contribution in [2.45, 2.75) is 12.0 Å². The maximum Gasteiger partial charge on any atom is 0.275 e. The molecule has 2 amide bonds. The molecule has 0 N–H and O–H groups in total. The van der Waals surface area contributed by atoms with Gasteiger partial charge in [-0.25, -0.2) is 9.37 Å². The van der Waals surface area contributed by atoms with E-state index in [1.165, 1.54) is 18.0 Å². The van der Waals surface area contributed by atoms with E-state index < -0.39 is 23.5 Å². The zero-order valence-electron chi connectivity index (χ0n) is 18.4. The lowest BCUT2D eigenvalue weighted by atomic mass is 9.93. The Morgan fingerprint density at radius 1 is 1.06 bits per heavy atom. The minimum atomic E-state index is -0.791. The second-order valence-electron chi connectivity index (χ2n) is 8.13. The molecule has 2 heterocycles. The number of benzene rings is 2. The van der Waals surface area contributed by atoms with Gasteiger partial charge in [0.25, 0.3) is 11.8 Å². The van der Waals surface area contributed by atoms with Crippen LogP contribution in [0.15, 0.2) is 54.6 Å². The number of hydrogen-bond donors (Lipinski definition) is 0. The molecule has 4 rings (SSSR count). The van der Waals surface area contributed by atoms with Crippen LogP contribution in [0.3, 0.4) is 0 Å². The Kier molecular flexibility index (Phi) is 7.27. The van der Waals surface area contributed by atoms with E-state index in [-0.39, 0.29) is 30.1 Å². The fourth-order valence-corrected chi connectivity index (χ4v) is 4.63. The third-order valence-electron chi connectivity index (χ3n) is 6.04. The maximum atomic E-state index is 14.4. The first-order chi connectivity index (χ1) is 16.7. The van der Waals surface area contributed by atoms with E-state index in [4.69, 9.17) is 40.1 Å². The van der Waals surface area contributed by atoms with Gasteiger partial charge in [-0.2, -0.15) is 5.26 Å². The minimum Gasteiger partial charge on any atom is -0.336 e. The molecule has 178 valence electrons. The summed E-state index contributed by atoms with van der Waals surface area (Å²) in [7, 11) is 1.54. The summed E-state index contributed by atoms with van der Waals surface area (Å²) >= 11 is 18.2. The summed E-state index contributed by atoms with van der Waals surface area (Å²) in [6, 6.07) is 15.3. The molecule has 1 unspecified atom stereocenters. The molecule has 2 aromatic carbocycles. The van der Waals surface area contributed by atoms with Gasteiger partial charge in [-0.05, 0) is 54.1 Å². The Labute approximate surface area is 216 Å². The normalized spacial score (nSPS) is 17.2. The van der Waals surface area contributed by atoms with Crippen molar-refractivity contribution in [2.24, 2.45) is 0 Å². The second kappa shape index (κ2) is 10.2. The molecular formula is C25H18Cl3FN4O2. The van der Waals surface area contributed by atoms with Crippen molar-refractivity contribution in [1.82, 2.24) is 14.8 Å². The fourth-order valence-electron chi connectivity index (χ4n) is 4.17. The van der Waals surface area contributed by atoms with Gasteiger partial charge in [0.05, 0.1) is 27.7 Å². The number of halogens is 4. The first-order valence-electron chi connectivity index (χ1n) is 10.5. The molecule has 0 bridgehead atoms. The number of carbonyl (C=O) groups excluding carboxylic acids is 2. The van der Waals surface area contributed by atoms with Crippen molar-refractivity contribution in [2.75, 3.05) is 20.1 Å². The molecule has 1 aromatic heterocycles. The number of nitrogens with zero attached hydrogens (tertiary/aromatic N) is 4. The summed E-state index contributed by atoms with van der Waals surface area (Å²) < 4.78 is 14.4. The highest BCUT2D eigenvalue weighted by Crippen LogP contribution is 2.35. The van der Waals surface area contributed by atoms with E-state index in [1.54, 1.807) is 47.4 Å². The maximum absolute atomic E-state index is 14.4. The molecule has 1 fully saturated rings. The van der Waals surface area contributed by atoms with Crippen LogP contribution >= 0.6 is 34.8 Å².